The molecular weight excluding hydrogens is 282 g/mol. The smallest absolute Gasteiger partial charge is 0.239 e. The summed E-state index contributed by atoms with van der Waals surface area (Å²) in [6.45, 7) is 4.37. The molecule has 0 N–H and O–H groups in total. The van der Waals surface area contributed by atoms with Gasteiger partial charge in [-0.2, -0.15) is 9.61 Å². The van der Waals surface area contributed by atoms with E-state index >= 15 is 0 Å². The Morgan fingerprint density at radius 3 is 2.68 bits per heavy atom. The van der Waals surface area contributed by atoms with Crippen LogP contribution in [0.1, 0.15) is 6.42 Å². The van der Waals surface area contributed by atoms with Crippen molar-refractivity contribution in [3.8, 4) is 0 Å². The molecule has 2 aliphatic rings. The molecular formula is C14H19N7O. The molecule has 0 aromatic carbocycles. The topological polar surface area (TPSA) is 69.9 Å². The number of piperazine rings is 1. The van der Waals surface area contributed by atoms with Gasteiger partial charge in [0.05, 0.1) is 18.4 Å². The van der Waals surface area contributed by atoms with Crippen LogP contribution in [0.3, 0.4) is 0 Å². The Hall–Kier alpha value is -2.22. The van der Waals surface area contributed by atoms with Crippen molar-refractivity contribution in [2.75, 3.05) is 44.7 Å². The Labute approximate surface area is 128 Å². The first kappa shape index (κ1) is 13.4. The number of nitrogens with zero attached hydrogens (tertiary/aromatic N) is 7. The molecule has 4 heterocycles. The van der Waals surface area contributed by atoms with Crippen LogP contribution in [-0.2, 0) is 4.79 Å². The number of fused-ring (bicyclic) bond motifs is 1. The summed E-state index contributed by atoms with van der Waals surface area (Å²) in [5.74, 6) is 1.22. The molecule has 8 nitrogen and oxygen atoms in total. The SMILES string of the molecule is CN1CCC(N2CCN(c3cncc4ncnn34)CC2)C1=O. The molecule has 22 heavy (non-hydrogen) atoms. The molecule has 0 spiro atoms. The lowest BCUT2D eigenvalue weighted by molar-refractivity contribution is -0.131. The van der Waals surface area contributed by atoms with Gasteiger partial charge in [-0.25, -0.2) is 4.98 Å². The van der Waals surface area contributed by atoms with Gasteiger partial charge < -0.3 is 9.80 Å². The molecule has 2 aromatic rings. The van der Waals surface area contributed by atoms with Gasteiger partial charge in [0.1, 0.15) is 6.33 Å². The van der Waals surface area contributed by atoms with E-state index in [1.54, 1.807) is 12.5 Å². The number of amides is 1. The van der Waals surface area contributed by atoms with Crippen LogP contribution < -0.4 is 4.90 Å². The molecule has 1 atom stereocenters. The summed E-state index contributed by atoms with van der Waals surface area (Å²) in [4.78, 5) is 26.9. The van der Waals surface area contributed by atoms with Gasteiger partial charge in [0, 0.05) is 39.8 Å². The molecule has 2 fully saturated rings. The number of likely N-dealkylation sites (N-methyl/N-ethyl adjacent to an activating group) is 1. The van der Waals surface area contributed by atoms with Crippen molar-refractivity contribution < 1.29 is 4.79 Å². The number of hydrogen-bond acceptors (Lipinski definition) is 6. The highest BCUT2D eigenvalue weighted by molar-refractivity contribution is 5.83. The largest absolute Gasteiger partial charge is 0.353 e. The predicted molar refractivity (Wildman–Crippen MR) is 80.6 cm³/mol. The maximum Gasteiger partial charge on any atom is 0.239 e. The number of carbonyl (C=O) groups is 1. The highest BCUT2D eigenvalue weighted by Crippen LogP contribution is 2.20. The summed E-state index contributed by atoms with van der Waals surface area (Å²) in [7, 11) is 1.88. The van der Waals surface area contributed by atoms with E-state index in [0.717, 1.165) is 50.6 Å². The third kappa shape index (κ3) is 2.10. The first-order valence-electron chi connectivity index (χ1n) is 7.62. The average Bonchev–Trinajstić information content (AvgIpc) is 3.15. The summed E-state index contributed by atoms with van der Waals surface area (Å²) in [5, 5.41) is 4.26. The Kier molecular flexibility index (Phi) is 3.18. The highest BCUT2D eigenvalue weighted by atomic mass is 16.2. The molecule has 0 aliphatic carbocycles. The zero-order valence-electron chi connectivity index (χ0n) is 12.6. The fraction of sp³-hybridized carbons (Fsp3) is 0.571. The number of rotatable bonds is 2. The maximum absolute atomic E-state index is 12.1. The van der Waals surface area contributed by atoms with Gasteiger partial charge in [0.15, 0.2) is 11.5 Å². The molecule has 116 valence electrons. The number of anilines is 1. The monoisotopic (exact) mass is 301 g/mol. The number of likely N-dealkylation sites (tertiary alicyclic amines) is 1. The van der Waals surface area contributed by atoms with Crippen molar-refractivity contribution in [3.63, 3.8) is 0 Å². The Bertz CT molecular complexity index is 691. The third-order valence-electron chi connectivity index (χ3n) is 4.65. The molecule has 1 amide bonds. The minimum atomic E-state index is 0.0624. The summed E-state index contributed by atoms with van der Waals surface area (Å²) < 4.78 is 1.82. The van der Waals surface area contributed by atoms with Gasteiger partial charge in [-0.1, -0.05) is 0 Å². The minimum Gasteiger partial charge on any atom is -0.353 e. The van der Waals surface area contributed by atoms with Gasteiger partial charge >= 0.3 is 0 Å². The Morgan fingerprint density at radius 2 is 1.95 bits per heavy atom. The first-order chi connectivity index (χ1) is 10.7. The van der Waals surface area contributed by atoms with Gasteiger partial charge in [-0.15, -0.1) is 0 Å². The normalized spacial score (nSPS) is 23.7. The number of carbonyl (C=O) groups excluding carboxylic acids is 1. The van der Waals surface area contributed by atoms with E-state index < -0.39 is 0 Å². The van der Waals surface area contributed by atoms with Crippen LogP contribution in [-0.4, -0.2) is 81.1 Å². The summed E-state index contributed by atoms with van der Waals surface area (Å²) >= 11 is 0. The van der Waals surface area contributed by atoms with Gasteiger partial charge in [-0.05, 0) is 6.42 Å². The molecule has 8 heteroatoms. The van der Waals surface area contributed by atoms with Crippen molar-refractivity contribution in [1.29, 1.82) is 0 Å². The second-order valence-corrected chi connectivity index (χ2v) is 5.88. The van der Waals surface area contributed by atoms with Crippen LogP contribution in [0.5, 0.6) is 0 Å². The van der Waals surface area contributed by atoms with Crippen LogP contribution in [0.15, 0.2) is 18.7 Å². The Balaban J connectivity index is 1.48. The molecule has 1 unspecified atom stereocenters. The fourth-order valence-electron chi connectivity index (χ4n) is 3.36. The van der Waals surface area contributed by atoms with E-state index in [1.807, 2.05) is 22.7 Å². The predicted octanol–water partition coefficient (Wildman–Crippen LogP) is -0.523. The lowest BCUT2D eigenvalue weighted by atomic mass is 10.2. The maximum atomic E-state index is 12.1. The average molecular weight is 301 g/mol. The Morgan fingerprint density at radius 1 is 1.14 bits per heavy atom. The van der Waals surface area contributed by atoms with Crippen LogP contribution in [0.2, 0.25) is 0 Å². The van der Waals surface area contributed by atoms with Crippen molar-refractivity contribution in [2.24, 2.45) is 0 Å². The van der Waals surface area contributed by atoms with E-state index in [-0.39, 0.29) is 11.9 Å². The van der Waals surface area contributed by atoms with Crippen LogP contribution >= 0.6 is 0 Å². The van der Waals surface area contributed by atoms with E-state index in [4.69, 9.17) is 0 Å². The number of aromatic nitrogens is 4. The second kappa shape index (κ2) is 5.20. The lowest BCUT2D eigenvalue weighted by Gasteiger charge is -2.37. The summed E-state index contributed by atoms with van der Waals surface area (Å²) in [6.07, 6.45) is 6.02. The summed E-state index contributed by atoms with van der Waals surface area (Å²) in [5.41, 5.74) is 0.757. The first-order valence-corrected chi connectivity index (χ1v) is 7.62. The van der Waals surface area contributed by atoms with E-state index in [1.165, 1.54) is 0 Å². The molecule has 2 aliphatic heterocycles. The van der Waals surface area contributed by atoms with E-state index in [9.17, 15) is 4.79 Å². The molecule has 2 saturated heterocycles. The van der Waals surface area contributed by atoms with Crippen molar-refractivity contribution in [3.05, 3.63) is 18.7 Å². The summed E-state index contributed by atoms with van der Waals surface area (Å²) in [6, 6.07) is 0.0624. The van der Waals surface area contributed by atoms with Gasteiger partial charge in [0.2, 0.25) is 5.91 Å². The van der Waals surface area contributed by atoms with E-state index in [2.05, 4.69) is 24.9 Å². The molecule has 0 bridgehead atoms. The van der Waals surface area contributed by atoms with Gasteiger partial charge in [-0.3, -0.25) is 14.7 Å². The molecule has 0 radical (unpaired) electrons. The fourth-order valence-corrected chi connectivity index (χ4v) is 3.36. The zero-order chi connectivity index (χ0) is 15.1. The van der Waals surface area contributed by atoms with Crippen molar-refractivity contribution >= 4 is 17.4 Å². The standard InChI is InChI=1S/C14H19N7O/c1-18-3-2-11(14(18)22)19-4-6-20(7-5-19)13-9-15-8-12-16-10-17-21(12)13/h8-11H,2-7H2,1H3. The van der Waals surface area contributed by atoms with E-state index in [0.29, 0.717) is 0 Å². The van der Waals surface area contributed by atoms with Crippen molar-refractivity contribution in [1.82, 2.24) is 29.4 Å². The molecule has 2 aromatic heterocycles. The third-order valence-corrected chi connectivity index (χ3v) is 4.65. The molecule has 4 rings (SSSR count). The van der Waals surface area contributed by atoms with Crippen LogP contribution in [0.25, 0.3) is 5.65 Å². The highest BCUT2D eigenvalue weighted by Gasteiger charge is 2.35. The lowest BCUT2D eigenvalue weighted by Crippen LogP contribution is -2.52. The van der Waals surface area contributed by atoms with Crippen LogP contribution in [0, 0.1) is 0 Å². The quantitative estimate of drug-likeness (QED) is 0.743. The van der Waals surface area contributed by atoms with Crippen molar-refractivity contribution in [2.45, 2.75) is 12.5 Å². The molecule has 0 saturated carbocycles. The van der Waals surface area contributed by atoms with Gasteiger partial charge in [0.25, 0.3) is 0 Å². The second-order valence-electron chi connectivity index (χ2n) is 5.88. The van der Waals surface area contributed by atoms with Crippen LogP contribution in [0.4, 0.5) is 5.82 Å². The minimum absolute atomic E-state index is 0.0624. The zero-order valence-corrected chi connectivity index (χ0v) is 12.6. The number of hydrogen-bond donors (Lipinski definition) is 0.